The van der Waals surface area contributed by atoms with Gasteiger partial charge in [0.1, 0.15) is 6.26 Å². The van der Waals surface area contributed by atoms with Crippen LogP contribution in [-0.2, 0) is 10.0 Å². The Morgan fingerprint density at radius 3 is 2.67 bits per heavy atom. The van der Waals surface area contributed by atoms with Gasteiger partial charge in [-0.1, -0.05) is 44.8 Å². The van der Waals surface area contributed by atoms with Crippen molar-refractivity contribution < 1.29 is 12.9 Å². The van der Waals surface area contributed by atoms with Crippen LogP contribution in [0, 0.1) is 0 Å². The lowest BCUT2D eigenvalue weighted by atomic mass is 10.0. The minimum Gasteiger partial charge on any atom is -0.363 e. The number of hydrogen-bond donors (Lipinski definition) is 1. The van der Waals surface area contributed by atoms with Gasteiger partial charge in [-0.2, -0.15) is 0 Å². The van der Waals surface area contributed by atoms with Crippen molar-refractivity contribution in [2.45, 2.75) is 4.90 Å². The molecule has 0 fully saturated rings. The number of benzene rings is 2. The van der Waals surface area contributed by atoms with Gasteiger partial charge in [-0.15, -0.1) is 0 Å². The maximum atomic E-state index is 12.6. The number of halogens is 2. The second-order valence-electron chi connectivity index (χ2n) is 5.66. The molecule has 0 aliphatic rings. The van der Waals surface area contributed by atoms with Gasteiger partial charge in [0.2, 0.25) is 0 Å². The minimum atomic E-state index is -3.79. The second kappa shape index (κ2) is 6.95. The number of nitrogens with zero attached hydrogens (tertiary/aromatic N) is 2. The van der Waals surface area contributed by atoms with E-state index in [0.717, 1.165) is 26.5 Å². The van der Waals surface area contributed by atoms with Gasteiger partial charge < -0.3 is 4.52 Å². The number of rotatable bonds is 4. The first-order valence-corrected chi connectivity index (χ1v) is 10.4. The van der Waals surface area contributed by atoms with E-state index in [1.54, 1.807) is 36.5 Å². The maximum Gasteiger partial charge on any atom is 0.263 e. The van der Waals surface area contributed by atoms with Gasteiger partial charge in [-0.05, 0) is 35.7 Å². The molecular formula is C18H11BrClN3O3S. The number of sulfonamides is 1. The highest BCUT2D eigenvalue weighted by molar-refractivity contribution is 9.10. The fourth-order valence-electron chi connectivity index (χ4n) is 2.68. The average molecular weight is 465 g/mol. The van der Waals surface area contributed by atoms with Crippen LogP contribution in [0.2, 0.25) is 5.02 Å². The van der Waals surface area contributed by atoms with Crippen LogP contribution < -0.4 is 4.72 Å². The molecule has 2 aromatic carbocycles. The van der Waals surface area contributed by atoms with E-state index in [1.807, 2.05) is 6.07 Å². The van der Waals surface area contributed by atoms with Crippen LogP contribution in [0.3, 0.4) is 0 Å². The molecule has 0 unspecified atom stereocenters. The molecule has 0 aliphatic carbocycles. The third-order valence-electron chi connectivity index (χ3n) is 3.91. The molecule has 0 atom stereocenters. The zero-order chi connectivity index (χ0) is 19.0. The van der Waals surface area contributed by atoms with Crippen molar-refractivity contribution in [1.82, 2.24) is 10.1 Å². The number of fused-ring (bicyclic) bond motifs is 1. The molecular weight excluding hydrogens is 454 g/mol. The molecule has 0 saturated carbocycles. The Morgan fingerprint density at radius 2 is 1.93 bits per heavy atom. The number of pyridine rings is 1. The Morgan fingerprint density at radius 1 is 1.07 bits per heavy atom. The molecule has 0 aliphatic heterocycles. The zero-order valence-electron chi connectivity index (χ0n) is 13.6. The minimum absolute atomic E-state index is 0.116. The van der Waals surface area contributed by atoms with Crippen LogP contribution >= 0.6 is 27.5 Å². The summed E-state index contributed by atoms with van der Waals surface area (Å²) in [5.41, 5.74) is 1.59. The van der Waals surface area contributed by atoms with Crippen LogP contribution in [-0.4, -0.2) is 18.6 Å². The van der Waals surface area contributed by atoms with Crippen LogP contribution in [0.25, 0.3) is 22.0 Å². The molecule has 136 valence electrons. The molecule has 0 spiro atoms. The van der Waals surface area contributed by atoms with Gasteiger partial charge in [0.25, 0.3) is 10.0 Å². The van der Waals surface area contributed by atoms with E-state index < -0.39 is 10.0 Å². The van der Waals surface area contributed by atoms with Crippen LogP contribution in [0.4, 0.5) is 5.82 Å². The largest absolute Gasteiger partial charge is 0.363 e. The van der Waals surface area contributed by atoms with Crippen molar-refractivity contribution in [2.24, 2.45) is 0 Å². The monoisotopic (exact) mass is 463 g/mol. The molecule has 6 nitrogen and oxygen atoms in total. The summed E-state index contributed by atoms with van der Waals surface area (Å²) in [6, 6.07) is 13.5. The average Bonchev–Trinajstić information content (AvgIpc) is 3.13. The lowest BCUT2D eigenvalue weighted by Gasteiger charge is -2.10. The van der Waals surface area contributed by atoms with Crippen molar-refractivity contribution in [1.29, 1.82) is 0 Å². The first-order valence-electron chi connectivity index (χ1n) is 7.71. The van der Waals surface area contributed by atoms with Gasteiger partial charge >= 0.3 is 0 Å². The lowest BCUT2D eigenvalue weighted by Crippen LogP contribution is -2.13. The normalized spacial score (nSPS) is 11.6. The number of hydrogen-bond acceptors (Lipinski definition) is 5. The topological polar surface area (TPSA) is 85.1 Å². The van der Waals surface area contributed by atoms with E-state index in [9.17, 15) is 8.42 Å². The summed E-state index contributed by atoms with van der Waals surface area (Å²) in [4.78, 5) is 4.58. The predicted molar refractivity (Wildman–Crippen MR) is 107 cm³/mol. The molecule has 0 saturated heterocycles. The van der Waals surface area contributed by atoms with Crippen molar-refractivity contribution >= 4 is 54.1 Å². The zero-order valence-corrected chi connectivity index (χ0v) is 16.7. The molecule has 1 N–H and O–H groups in total. The summed E-state index contributed by atoms with van der Waals surface area (Å²) in [6.07, 6.45) is 2.93. The van der Waals surface area contributed by atoms with Crippen molar-refractivity contribution in [2.75, 3.05) is 4.72 Å². The molecule has 2 aromatic heterocycles. The van der Waals surface area contributed by atoms with E-state index in [4.69, 9.17) is 11.6 Å². The SMILES string of the molecule is O=S(=O)(Nc1ccon1)c1ccc2c(-c3ccc(Cl)cc3Br)nccc2c1. The van der Waals surface area contributed by atoms with E-state index in [-0.39, 0.29) is 10.7 Å². The highest BCUT2D eigenvalue weighted by Gasteiger charge is 2.17. The Balaban J connectivity index is 1.80. The van der Waals surface area contributed by atoms with Crippen molar-refractivity contribution in [3.05, 3.63) is 70.5 Å². The molecule has 0 bridgehead atoms. The van der Waals surface area contributed by atoms with Gasteiger partial charge in [0.15, 0.2) is 5.82 Å². The molecule has 9 heteroatoms. The summed E-state index contributed by atoms with van der Waals surface area (Å²) in [6.45, 7) is 0. The van der Waals surface area contributed by atoms with E-state index in [1.165, 1.54) is 18.4 Å². The predicted octanol–water partition coefficient (Wildman–Crippen LogP) is 5.11. The Kier molecular flexibility index (Phi) is 4.63. The van der Waals surface area contributed by atoms with E-state index in [2.05, 4.69) is 35.3 Å². The Bertz CT molecular complexity index is 1240. The second-order valence-corrected chi connectivity index (χ2v) is 8.63. The number of aromatic nitrogens is 2. The summed E-state index contributed by atoms with van der Waals surface area (Å²) < 4.78 is 32.9. The first kappa shape index (κ1) is 18.0. The van der Waals surface area contributed by atoms with Gasteiger partial charge in [-0.3, -0.25) is 9.71 Å². The first-order chi connectivity index (χ1) is 12.9. The molecule has 0 radical (unpaired) electrons. The summed E-state index contributed by atoms with van der Waals surface area (Å²) in [5.74, 6) is 0.121. The third kappa shape index (κ3) is 3.55. The van der Waals surface area contributed by atoms with Crippen molar-refractivity contribution in [3.8, 4) is 11.3 Å². The van der Waals surface area contributed by atoms with Gasteiger partial charge in [0, 0.05) is 32.7 Å². The van der Waals surface area contributed by atoms with Gasteiger partial charge in [-0.25, -0.2) is 8.42 Å². The van der Waals surface area contributed by atoms with Crippen LogP contribution in [0.15, 0.2) is 74.9 Å². The standard InChI is InChI=1S/C18H11BrClN3O3S/c19-16-10-12(20)1-3-15(16)18-14-4-2-13(9-11(14)5-7-21-18)27(24,25)23-17-6-8-26-22-17/h1-10H,(H,22,23). The summed E-state index contributed by atoms with van der Waals surface area (Å²) >= 11 is 9.52. The molecule has 0 amide bonds. The van der Waals surface area contributed by atoms with E-state index in [0.29, 0.717) is 5.02 Å². The van der Waals surface area contributed by atoms with Crippen molar-refractivity contribution in [3.63, 3.8) is 0 Å². The number of anilines is 1. The van der Waals surface area contributed by atoms with Crippen LogP contribution in [0.1, 0.15) is 0 Å². The molecule has 4 aromatic rings. The highest BCUT2D eigenvalue weighted by Crippen LogP contribution is 2.34. The smallest absolute Gasteiger partial charge is 0.263 e. The quantitative estimate of drug-likeness (QED) is 0.454. The Labute approximate surface area is 168 Å². The summed E-state index contributed by atoms with van der Waals surface area (Å²) in [5, 5.41) is 5.74. The lowest BCUT2D eigenvalue weighted by molar-refractivity contribution is 0.423. The fourth-order valence-corrected chi connectivity index (χ4v) is 4.58. The Hall–Kier alpha value is -2.42. The highest BCUT2D eigenvalue weighted by atomic mass is 79.9. The van der Waals surface area contributed by atoms with Crippen LogP contribution in [0.5, 0.6) is 0 Å². The maximum absolute atomic E-state index is 12.6. The summed E-state index contributed by atoms with van der Waals surface area (Å²) in [7, 11) is -3.79. The van der Waals surface area contributed by atoms with E-state index >= 15 is 0 Å². The third-order valence-corrected chi connectivity index (χ3v) is 6.15. The molecule has 2 heterocycles. The van der Waals surface area contributed by atoms with Gasteiger partial charge in [0.05, 0.1) is 10.6 Å². The fraction of sp³-hybridized carbons (Fsp3) is 0. The number of nitrogens with one attached hydrogen (secondary N) is 1. The molecule has 4 rings (SSSR count). The molecule has 27 heavy (non-hydrogen) atoms.